The van der Waals surface area contributed by atoms with Crippen LogP contribution >= 0.6 is 0 Å². The summed E-state index contributed by atoms with van der Waals surface area (Å²) >= 11 is 0. The molecule has 2 amide bonds. The number of carbonyl (C=O) groups excluding carboxylic acids is 2. The Balaban J connectivity index is 1.59. The monoisotopic (exact) mass is 465 g/mol. The number of non-ortho nitro benzene ring substituents is 1. The number of rotatable bonds is 8. The number of benzene rings is 2. The highest BCUT2D eigenvalue weighted by Crippen LogP contribution is 2.41. The van der Waals surface area contributed by atoms with Gasteiger partial charge in [-0.25, -0.2) is 4.68 Å². The Kier molecular flexibility index (Phi) is 6.17. The lowest BCUT2D eigenvalue weighted by molar-refractivity contribution is -0.384. The number of fused-ring (bicyclic) bond motifs is 1. The zero-order valence-electron chi connectivity index (χ0n) is 18.8. The van der Waals surface area contributed by atoms with Gasteiger partial charge in [-0.1, -0.05) is 13.0 Å². The van der Waals surface area contributed by atoms with E-state index in [1.165, 1.54) is 24.3 Å². The van der Waals surface area contributed by atoms with E-state index in [2.05, 4.69) is 15.7 Å². The Labute approximate surface area is 194 Å². The Morgan fingerprint density at radius 1 is 1.18 bits per heavy atom. The minimum Gasteiger partial charge on any atom is -0.493 e. The molecule has 11 nitrogen and oxygen atoms in total. The molecule has 11 heteroatoms. The van der Waals surface area contributed by atoms with Crippen LogP contribution in [0.3, 0.4) is 0 Å². The predicted octanol–water partition coefficient (Wildman–Crippen LogP) is 3.56. The first-order valence-corrected chi connectivity index (χ1v) is 10.5. The molecule has 1 aliphatic heterocycles. The van der Waals surface area contributed by atoms with Crippen molar-refractivity contribution in [1.29, 1.82) is 0 Å². The number of aryl methyl sites for hydroxylation is 1. The van der Waals surface area contributed by atoms with Gasteiger partial charge in [-0.15, -0.1) is 0 Å². The number of anilines is 2. The molecule has 176 valence electrons. The summed E-state index contributed by atoms with van der Waals surface area (Å²) in [4.78, 5) is 35.6. The van der Waals surface area contributed by atoms with E-state index in [0.29, 0.717) is 29.4 Å². The number of ether oxygens (including phenoxy) is 2. The van der Waals surface area contributed by atoms with Crippen LogP contribution in [0.1, 0.15) is 25.1 Å². The van der Waals surface area contributed by atoms with Crippen LogP contribution in [-0.2, 0) is 16.0 Å². The molecule has 1 unspecified atom stereocenters. The van der Waals surface area contributed by atoms with Gasteiger partial charge in [0.25, 0.3) is 11.6 Å². The molecular weight excluding hydrogens is 442 g/mol. The van der Waals surface area contributed by atoms with Gasteiger partial charge in [0.15, 0.2) is 11.5 Å². The summed E-state index contributed by atoms with van der Waals surface area (Å²) in [5.74, 6) is 0.888. The molecule has 1 aromatic heterocycles. The van der Waals surface area contributed by atoms with E-state index in [1.807, 2.05) is 19.1 Å². The number of amides is 2. The Hall–Kier alpha value is -4.41. The first-order chi connectivity index (χ1) is 16.4. The van der Waals surface area contributed by atoms with E-state index < -0.39 is 16.9 Å². The van der Waals surface area contributed by atoms with Crippen molar-refractivity contribution in [3.8, 4) is 22.6 Å². The fourth-order valence-electron chi connectivity index (χ4n) is 3.91. The van der Waals surface area contributed by atoms with Gasteiger partial charge in [0.1, 0.15) is 11.9 Å². The zero-order valence-corrected chi connectivity index (χ0v) is 18.8. The third kappa shape index (κ3) is 4.15. The molecule has 34 heavy (non-hydrogen) atoms. The number of carbonyl (C=O) groups is 2. The number of nitro groups is 1. The second-order valence-corrected chi connectivity index (χ2v) is 7.60. The summed E-state index contributed by atoms with van der Waals surface area (Å²) in [6.45, 7) is 1.96. The number of methoxy groups -OCH3 is 2. The standard InChI is InChI=1S/C23H23N5O6/c1-4-16-21(13-5-10-18(33-2)19(11-13)34-3)22-25-23(30)17(27(22)26-16)12-20(29)24-14-6-8-15(9-7-14)28(31)32/h5-11,17H,4,12H2,1-3H3,(H,24,29)(H,25,30). The largest absolute Gasteiger partial charge is 0.493 e. The van der Waals surface area contributed by atoms with Crippen molar-refractivity contribution in [2.24, 2.45) is 0 Å². The van der Waals surface area contributed by atoms with Crippen LogP contribution in [0.4, 0.5) is 17.2 Å². The second kappa shape index (κ2) is 9.22. The smallest absolute Gasteiger partial charge is 0.269 e. The van der Waals surface area contributed by atoms with E-state index in [0.717, 1.165) is 16.8 Å². The van der Waals surface area contributed by atoms with Gasteiger partial charge in [0.2, 0.25) is 5.91 Å². The zero-order chi connectivity index (χ0) is 24.4. The second-order valence-electron chi connectivity index (χ2n) is 7.60. The molecule has 2 aromatic carbocycles. The summed E-state index contributed by atoms with van der Waals surface area (Å²) in [5.41, 5.74) is 2.64. The number of hydrogen-bond acceptors (Lipinski definition) is 7. The van der Waals surface area contributed by atoms with Crippen LogP contribution in [-0.4, -0.2) is 40.7 Å². The van der Waals surface area contributed by atoms with Gasteiger partial charge in [0.05, 0.1) is 31.3 Å². The lowest BCUT2D eigenvalue weighted by Crippen LogP contribution is -2.23. The van der Waals surface area contributed by atoms with E-state index in [1.54, 1.807) is 25.0 Å². The lowest BCUT2D eigenvalue weighted by Gasteiger charge is -2.10. The predicted molar refractivity (Wildman–Crippen MR) is 124 cm³/mol. The van der Waals surface area contributed by atoms with E-state index in [-0.39, 0.29) is 18.0 Å². The van der Waals surface area contributed by atoms with Crippen molar-refractivity contribution < 1.29 is 24.0 Å². The van der Waals surface area contributed by atoms with Gasteiger partial charge in [-0.05, 0) is 36.2 Å². The topological polar surface area (TPSA) is 138 Å². The number of nitrogens with zero attached hydrogens (tertiary/aromatic N) is 3. The fourth-order valence-corrected chi connectivity index (χ4v) is 3.91. The van der Waals surface area contributed by atoms with Crippen LogP contribution < -0.4 is 20.1 Å². The minimum atomic E-state index is -0.827. The molecule has 0 radical (unpaired) electrons. The van der Waals surface area contributed by atoms with Crippen molar-refractivity contribution in [3.63, 3.8) is 0 Å². The van der Waals surface area contributed by atoms with Crippen molar-refractivity contribution in [1.82, 2.24) is 9.78 Å². The van der Waals surface area contributed by atoms with Crippen molar-refractivity contribution in [2.75, 3.05) is 24.9 Å². The van der Waals surface area contributed by atoms with Crippen LogP contribution in [0.5, 0.6) is 11.5 Å². The lowest BCUT2D eigenvalue weighted by atomic mass is 10.0. The van der Waals surface area contributed by atoms with E-state index in [4.69, 9.17) is 9.47 Å². The highest BCUT2D eigenvalue weighted by molar-refractivity contribution is 6.04. The van der Waals surface area contributed by atoms with Gasteiger partial charge >= 0.3 is 0 Å². The van der Waals surface area contributed by atoms with Crippen LogP contribution in [0, 0.1) is 10.1 Å². The average Bonchev–Trinajstić information content (AvgIpc) is 3.33. The molecule has 0 spiro atoms. The summed E-state index contributed by atoms with van der Waals surface area (Å²) in [5, 5.41) is 20.9. The summed E-state index contributed by atoms with van der Waals surface area (Å²) in [6.07, 6.45) is 0.466. The summed E-state index contributed by atoms with van der Waals surface area (Å²) in [6, 6.07) is 10.1. The Morgan fingerprint density at radius 2 is 1.88 bits per heavy atom. The normalized spacial score (nSPS) is 14.3. The molecule has 2 N–H and O–H groups in total. The average molecular weight is 465 g/mol. The quantitative estimate of drug-likeness (QED) is 0.383. The van der Waals surface area contributed by atoms with E-state index >= 15 is 0 Å². The fraction of sp³-hybridized carbons (Fsp3) is 0.261. The third-order valence-electron chi connectivity index (χ3n) is 5.57. The first-order valence-electron chi connectivity index (χ1n) is 10.5. The Bertz CT molecular complexity index is 1270. The van der Waals surface area contributed by atoms with Gasteiger partial charge in [-0.2, -0.15) is 5.10 Å². The van der Waals surface area contributed by atoms with Gasteiger partial charge in [-0.3, -0.25) is 19.7 Å². The van der Waals surface area contributed by atoms with E-state index in [9.17, 15) is 19.7 Å². The number of nitro benzene ring substituents is 1. The molecule has 1 atom stereocenters. The van der Waals surface area contributed by atoms with Crippen LogP contribution in [0.15, 0.2) is 42.5 Å². The SMILES string of the molecule is CCc1nn2c(c1-c1ccc(OC)c(OC)c1)NC(=O)C2CC(=O)Nc1ccc([N+](=O)[O-])cc1. The molecule has 0 bridgehead atoms. The van der Waals surface area contributed by atoms with Gasteiger partial charge < -0.3 is 20.1 Å². The molecule has 3 aromatic rings. The number of hydrogen-bond donors (Lipinski definition) is 2. The van der Waals surface area contributed by atoms with Crippen LogP contribution in [0.2, 0.25) is 0 Å². The molecule has 2 heterocycles. The maximum atomic E-state index is 12.7. The number of nitrogens with one attached hydrogen (secondary N) is 2. The summed E-state index contributed by atoms with van der Waals surface area (Å²) in [7, 11) is 3.10. The highest BCUT2D eigenvalue weighted by Gasteiger charge is 2.37. The molecule has 0 saturated carbocycles. The molecule has 1 aliphatic rings. The minimum absolute atomic E-state index is 0.0795. The van der Waals surface area contributed by atoms with Crippen molar-refractivity contribution in [2.45, 2.75) is 25.8 Å². The number of aromatic nitrogens is 2. The maximum absolute atomic E-state index is 12.7. The molecule has 0 saturated heterocycles. The molecule has 0 fully saturated rings. The third-order valence-corrected chi connectivity index (χ3v) is 5.57. The summed E-state index contributed by atoms with van der Waals surface area (Å²) < 4.78 is 12.3. The van der Waals surface area contributed by atoms with Crippen molar-refractivity contribution >= 4 is 29.0 Å². The molecular formula is C23H23N5O6. The van der Waals surface area contributed by atoms with Crippen LogP contribution in [0.25, 0.3) is 11.1 Å². The first kappa shape index (κ1) is 22.8. The van der Waals surface area contributed by atoms with Gasteiger partial charge in [0, 0.05) is 23.4 Å². The molecule has 4 rings (SSSR count). The van der Waals surface area contributed by atoms with Crippen molar-refractivity contribution in [3.05, 3.63) is 58.3 Å². The Morgan fingerprint density at radius 3 is 2.50 bits per heavy atom. The molecule has 0 aliphatic carbocycles. The maximum Gasteiger partial charge on any atom is 0.269 e. The highest BCUT2D eigenvalue weighted by atomic mass is 16.6.